The van der Waals surface area contributed by atoms with Gasteiger partial charge in [0.15, 0.2) is 5.78 Å². The Morgan fingerprint density at radius 1 is 1.18 bits per heavy atom. The van der Waals surface area contributed by atoms with Gasteiger partial charge < -0.3 is 9.16 Å². The number of carbonyl (C=O) groups is 2. The monoisotopic (exact) mass is 405 g/mol. The molecule has 0 saturated heterocycles. The van der Waals surface area contributed by atoms with Crippen molar-refractivity contribution in [1.82, 2.24) is 0 Å². The Balaban J connectivity index is 2.62. The van der Waals surface area contributed by atoms with Crippen molar-refractivity contribution in [2.75, 3.05) is 7.11 Å². The van der Waals surface area contributed by atoms with Gasteiger partial charge in [0.2, 0.25) is 9.04 Å². The maximum atomic E-state index is 12.3. The number of Topliss-reactive ketones (excluding diaryl/α,β-unsaturated/α-hetero) is 1. The van der Waals surface area contributed by atoms with Gasteiger partial charge >= 0.3 is 5.97 Å². The number of hydrogen-bond acceptors (Lipinski definition) is 4. The molecular weight excluding hydrogens is 368 g/mol. The molecule has 0 bridgehead atoms. The van der Waals surface area contributed by atoms with Crippen LogP contribution in [0.2, 0.25) is 13.1 Å². The molecule has 4 nitrogen and oxygen atoms in total. The summed E-state index contributed by atoms with van der Waals surface area (Å²) in [4.78, 5) is 23.4. The molecule has 28 heavy (non-hydrogen) atoms. The SMILES string of the molecule is CCCCCC(/C=C/C1=C(C/C=C/CCCC(=O)OC)C(=O)CC1)O[Si](C)C. The summed E-state index contributed by atoms with van der Waals surface area (Å²) in [6.45, 7) is 6.55. The number of allylic oxidation sites excluding steroid dienone is 5. The van der Waals surface area contributed by atoms with Crippen LogP contribution < -0.4 is 0 Å². The lowest BCUT2D eigenvalue weighted by molar-refractivity contribution is -0.140. The molecule has 0 heterocycles. The van der Waals surface area contributed by atoms with Crippen LogP contribution in [0.15, 0.2) is 35.5 Å². The van der Waals surface area contributed by atoms with Crippen LogP contribution in [0.4, 0.5) is 0 Å². The molecule has 0 aromatic heterocycles. The van der Waals surface area contributed by atoms with Gasteiger partial charge in [-0.1, -0.05) is 50.5 Å². The van der Waals surface area contributed by atoms with E-state index in [0.717, 1.165) is 36.8 Å². The zero-order chi connectivity index (χ0) is 20.8. The zero-order valence-corrected chi connectivity index (χ0v) is 19.1. The maximum absolute atomic E-state index is 12.3. The second-order valence-electron chi connectivity index (χ2n) is 7.49. The third-order valence-electron chi connectivity index (χ3n) is 4.80. The highest BCUT2D eigenvalue weighted by molar-refractivity contribution is 6.48. The number of ketones is 1. The van der Waals surface area contributed by atoms with Gasteiger partial charge in [0.25, 0.3) is 0 Å². The van der Waals surface area contributed by atoms with Crippen molar-refractivity contribution in [2.24, 2.45) is 0 Å². The fraction of sp³-hybridized carbons (Fsp3) is 0.652. The summed E-state index contributed by atoms with van der Waals surface area (Å²) in [5.41, 5.74) is 2.10. The average Bonchev–Trinajstić information content (AvgIpc) is 3.01. The molecule has 0 fully saturated rings. The molecule has 1 atom stereocenters. The number of hydrogen-bond donors (Lipinski definition) is 0. The van der Waals surface area contributed by atoms with E-state index in [1.54, 1.807) is 0 Å². The Hall–Kier alpha value is -1.46. The number of ether oxygens (including phenoxy) is 1. The Kier molecular flexibility index (Phi) is 12.7. The minimum Gasteiger partial charge on any atom is -0.469 e. The van der Waals surface area contributed by atoms with Crippen LogP contribution in [0.5, 0.6) is 0 Å². The molecule has 1 unspecified atom stereocenters. The first-order valence-corrected chi connectivity index (χ1v) is 13.0. The van der Waals surface area contributed by atoms with Crippen molar-refractivity contribution >= 4 is 20.8 Å². The minimum atomic E-state index is -0.748. The van der Waals surface area contributed by atoms with Gasteiger partial charge in [0.05, 0.1) is 13.2 Å². The maximum Gasteiger partial charge on any atom is 0.305 e. The van der Waals surface area contributed by atoms with Crippen LogP contribution in [0.1, 0.15) is 71.1 Å². The van der Waals surface area contributed by atoms with Crippen LogP contribution in [0.3, 0.4) is 0 Å². The zero-order valence-electron chi connectivity index (χ0n) is 18.1. The lowest BCUT2D eigenvalue weighted by atomic mass is 10.0. The van der Waals surface area contributed by atoms with Crippen molar-refractivity contribution in [3.63, 3.8) is 0 Å². The predicted octanol–water partition coefficient (Wildman–Crippen LogP) is 5.71. The predicted molar refractivity (Wildman–Crippen MR) is 117 cm³/mol. The number of unbranched alkanes of at least 4 members (excludes halogenated alkanes) is 3. The molecule has 0 amide bonds. The van der Waals surface area contributed by atoms with Crippen molar-refractivity contribution in [2.45, 2.75) is 90.3 Å². The third kappa shape index (κ3) is 10.2. The largest absolute Gasteiger partial charge is 0.469 e. The van der Waals surface area contributed by atoms with E-state index < -0.39 is 9.04 Å². The van der Waals surface area contributed by atoms with Crippen LogP contribution in [-0.4, -0.2) is 34.0 Å². The molecule has 0 N–H and O–H groups in total. The summed E-state index contributed by atoms with van der Waals surface area (Å²) < 4.78 is 10.8. The van der Waals surface area contributed by atoms with Gasteiger partial charge in [-0.3, -0.25) is 9.59 Å². The highest BCUT2D eigenvalue weighted by atomic mass is 28.3. The van der Waals surface area contributed by atoms with Gasteiger partial charge in [0.1, 0.15) is 0 Å². The summed E-state index contributed by atoms with van der Waals surface area (Å²) in [6, 6.07) is 0. The summed E-state index contributed by atoms with van der Waals surface area (Å²) in [5, 5.41) is 0. The Labute approximate surface area is 172 Å². The van der Waals surface area contributed by atoms with E-state index in [4.69, 9.17) is 4.43 Å². The van der Waals surface area contributed by atoms with E-state index >= 15 is 0 Å². The lowest BCUT2D eigenvalue weighted by Gasteiger charge is -2.16. The summed E-state index contributed by atoms with van der Waals surface area (Å²) in [5.74, 6) is 0.0897. The fourth-order valence-electron chi connectivity index (χ4n) is 3.26. The van der Waals surface area contributed by atoms with Crippen molar-refractivity contribution in [3.05, 3.63) is 35.5 Å². The molecular formula is C23H37O4Si. The van der Waals surface area contributed by atoms with Gasteiger partial charge in [0, 0.05) is 18.4 Å². The average molecular weight is 406 g/mol. The van der Waals surface area contributed by atoms with Gasteiger partial charge in [-0.15, -0.1) is 0 Å². The standard InChI is InChI=1S/C23H37O4Si/c1-5-6-9-12-20(27-28(3)4)17-15-19-16-18-22(24)21(19)13-10-7-8-11-14-23(25)26-2/h7,10,15,17,20H,5-6,8-9,11-14,16,18H2,1-4H3/b10-7+,17-15+. The Morgan fingerprint density at radius 3 is 2.64 bits per heavy atom. The van der Waals surface area contributed by atoms with Gasteiger partial charge in [-0.2, -0.15) is 0 Å². The van der Waals surface area contributed by atoms with Crippen molar-refractivity contribution in [1.29, 1.82) is 0 Å². The van der Waals surface area contributed by atoms with Crippen LogP contribution in [0.25, 0.3) is 0 Å². The van der Waals surface area contributed by atoms with Gasteiger partial charge in [-0.05, 0) is 50.8 Å². The molecule has 0 aromatic rings. The molecule has 1 rings (SSSR count). The van der Waals surface area contributed by atoms with E-state index in [1.165, 1.54) is 26.4 Å². The van der Waals surface area contributed by atoms with Crippen LogP contribution in [0, 0.1) is 0 Å². The number of carbonyl (C=O) groups excluding carboxylic acids is 2. The van der Waals surface area contributed by atoms with Gasteiger partial charge in [-0.25, -0.2) is 0 Å². The molecule has 0 aliphatic heterocycles. The highest BCUT2D eigenvalue weighted by Crippen LogP contribution is 2.27. The van der Waals surface area contributed by atoms with Crippen molar-refractivity contribution in [3.8, 4) is 0 Å². The van der Waals surface area contributed by atoms with E-state index in [0.29, 0.717) is 19.3 Å². The first-order valence-electron chi connectivity index (χ1n) is 10.6. The molecule has 1 aliphatic rings. The van der Waals surface area contributed by atoms with E-state index in [1.807, 2.05) is 0 Å². The van der Waals surface area contributed by atoms with E-state index in [9.17, 15) is 9.59 Å². The summed E-state index contributed by atoms with van der Waals surface area (Å²) in [6.07, 6.45) is 17.4. The second kappa shape index (κ2) is 14.5. The molecule has 1 radical (unpaired) electrons. The Morgan fingerprint density at radius 2 is 1.96 bits per heavy atom. The molecule has 157 valence electrons. The summed E-state index contributed by atoms with van der Waals surface area (Å²) in [7, 11) is 0.663. The topological polar surface area (TPSA) is 52.6 Å². The molecule has 0 saturated carbocycles. The molecule has 1 aliphatic carbocycles. The highest BCUT2D eigenvalue weighted by Gasteiger charge is 2.20. The first kappa shape index (κ1) is 24.6. The minimum absolute atomic E-state index is 0.161. The lowest BCUT2D eigenvalue weighted by Crippen LogP contribution is -2.18. The van der Waals surface area contributed by atoms with E-state index in [-0.39, 0.29) is 17.9 Å². The Bertz CT molecular complexity index is 575. The number of esters is 1. The normalized spacial score (nSPS) is 16.1. The molecule has 0 aromatic carbocycles. The van der Waals surface area contributed by atoms with Crippen LogP contribution in [-0.2, 0) is 18.8 Å². The molecule has 0 spiro atoms. The number of rotatable bonds is 14. The smallest absolute Gasteiger partial charge is 0.305 e. The summed E-state index contributed by atoms with van der Waals surface area (Å²) >= 11 is 0. The quantitative estimate of drug-likeness (QED) is 0.161. The number of methoxy groups -OCH3 is 1. The van der Waals surface area contributed by atoms with Crippen LogP contribution >= 0.6 is 0 Å². The third-order valence-corrected chi connectivity index (χ3v) is 5.58. The second-order valence-corrected chi connectivity index (χ2v) is 9.54. The first-order chi connectivity index (χ1) is 13.5. The molecule has 5 heteroatoms. The van der Waals surface area contributed by atoms with E-state index in [2.05, 4.69) is 49.1 Å². The van der Waals surface area contributed by atoms with Crippen molar-refractivity contribution < 1.29 is 18.8 Å². The fourth-order valence-corrected chi connectivity index (χ4v) is 4.06.